The zero-order chi connectivity index (χ0) is 16.6. The number of aromatic nitrogens is 1. The van der Waals surface area contributed by atoms with Gasteiger partial charge in [-0.15, -0.1) is 0 Å². The molecule has 0 saturated heterocycles. The molecule has 0 spiro atoms. The molecule has 0 unspecified atom stereocenters. The average Bonchev–Trinajstić information content (AvgIpc) is 2.86. The lowest BCUT2D eigenvalue weighted by Gasteiger charge is -2.08. The standard InChI is InChI=1S/C14H10N2O6S/c17-13(18)8-1-3-9(4-2-8)16-23(20,21)10-5-6-11-12(7-10)22-14(19)15-11/h1-7,16H,(H,15,19)(H,17,18). The predicted octanol–water partition coefficient (Wildman–Crippen LogP) is 1.62. The van der Waals surface area contributed by atoms with Crippen LogP contribution in [-0.2, 0) is 10.0 Å². The van der Waals surface area contributed by atoms with Crippen LogP contribution in [0.3, 0.4) is 0 Å². The Morgan fingerprint density at radius 1 is 1.13 bits per heavy atom. The molecule has 0 saturated carbocycles. The van der Waals surface area contributed by atoms with Gasteiger partial charge in [0.2, 0.25) is 0 Å². The molecule has 0 fully saturated rings. The third-order valence-corrected chi connectivity index (χ3v) is 4.47. The van der Waals surface area contributed by atoms with E-state index < -0.39 is 21.7 Å². The number of hydrogen-bond acceptors (Lipinski definition) is 5. The quantitative estimate of drug-likeness (QED) is 0.665. The van der Waals surface area contributed by atoms with Crippen LogP contribution in [0.5, 0.6) is 0 Å². The average molecular weight is 334 g/mol. The summed E-state index contributed by atoms with van der Waals surface area (Å²) >= 11 is 0. The Morgan fingerprint density at radius 2 is 1.83 bits per heavy atom. The summed E-state index contributed by atoms with van der Waals surface area (Å²) < 4.78 is 31.8. The molecule has 1 aromatic heterocycles. The Hall–Kier alpha value is -3.07. The highest BCUT2D eigenvalue weighted by molar-refractivity contribution is 7.92. The number of nitrogens with one attached hydrogen (secondary N) is 2. The van der Waals surface area contributed by atoms with Crippen molar-refractivity contribution < 1.29 is 22.7 Å². The number of aromatic carboxylic acids is 1. The van der Waals surface area contributed by atoms with Crippen LogP contribution in [0.25, 0.3) is 11.1 Å². The molecule has 3 N–H and O–H groups in total. The molecule has 0 radical (unpaired) electrons. The minimum absolute atomic E-state index is 0.0449. The lowest BCUT2D eigenvalue weighted by atomic mass is 10.2. The van der Waals surface area contributed by atoms with E-state index in [0.717, 1.165) is 0 Å². The van der Waals surface area contributed by atoms with E-state index >= 15 is 0 Å². The van der Waals surface area contributed by atoms with E-state index in [1.165, 1.54) is 42.5 Å². The normalized spacial score (nSPS) is 11.5. The Balaban J connectivity index is 1.93. The van der Waals surface area contributed by atoms with Crippen molar-refractivity contribution in [3.63, 3.8) is 0 Å². The highest BCUT2D eigenvalue weighted by atomic mass is 32.2. The molecule has 9 heteroatoms. The van der Waals surface area contributed by atoms with Crippen LogP contribution >= 0.6 is 0 Å². The monoisotopic (exact) mass is 334 g/mol. The zero-order valence-electron chi connectivity index (χ0n) is 11.4. The van der Waals surface area contributed by atoms with E-state index in [-0.39, 0.29) is 21.7 Å². The summed E-state index contributed by atoms with van der Waals surface area (Å²) in [5.74, 6) is -1.78. The molecule has 3 aromatic rings. The summed E-state index contributed by atoms with van der Waals surface area (Å²) in [6.07, 6.45) is 0. The Labute approximate surface area is 129 Å². The molecular formula is C14H10N2O6S. The minimum atomic E-state index is -3.90. The number of benzene rings is 2. The first-order valence-electron chi connectivity index (χ1n) is 6.34. The summed E-state index contributed by atoms with van der Waals surface area (Å²) in [4.78, 5) is 24.2. The highest BCUT2D eigenvalue weighted by Crippen LogP contribution is 2.20. The van der Waals surface area contributed by atoms with Gasteiger partial charge in [0.1, 0.15) is 0 Å². The number of hydrogen-bond donors (Lipinski definition) is 3. The van der Waals surface area contributed by atoms with Crippen molar-refractivity contribution in [2.75, 3.05) is 4.72 Å². The van der Waals surface area contributed by atoms with Crippen molar-refractivity contribution in [3.05, 3.63) is 58.6 Å². The van der Waals surface area contributed by atoms with E-state index in [1.54, 1.807) is 0 Å². The van der Waals surface area contributed by atoms with Crippen molar-refractivity contribution in [2.24, 2.45) is 0 Å². The molecule has 23 heavy (non-hydrogen) atoms. The molecular weight excluding hydrogens is 324 g/mol. The van der Waals surface area contributed by atoms with Gasteiger partial charge in [0.25, 0.3) is 10.0 Å². The maximum atomic E-state index is 12.3. The molecule has 0 amide bonds. The van der Waals surface area contributed by atoms with Crippen LogP contribution in [0.4, 0.5) is 5.69 Å². The van der Waals surface area contributed by atoms with Crippen molar-refractivity contribution in [3.8, 4) is 0 Å². The molecule has 118 valence electrons. The van der Waals surface area contributed by atoms with Gasteiger partial charge in [-0.25, -0.2) is 18.0 Å². The molecule has 0 aliphatic rings. The van der Waals surface area contributed by atoms with Crippen LogP contribution in [0.15, 0.2) is 56.6 Å². The van der Waals surface area contributed by atoms with Crippen molar-refractivity contribution in [1.82, 2.24) is 4.98 Å². The van der Waals surface area contributed by atoms with Gasteiger partial charge in [0.15, 0.2) is 5.58 Å². The lowest BCUT2D eigenvalue weighted by Crippen LogP contribution is -2.13. The molecule has 0 aliphatic carbocycles. The third-order valence-electron chi connectivity index (χ3n) is 3.09. The second kappa shape index (κ2) is 5.29. The maximum absolute atomic E-state index is 12.3. The number of oxazole rings is 1. The first-order valence-corrected chi connectivity index (χ1v) is 7.82. The van der Waals surface area contributed by atoms with Crippen LogP contribution in [0.2, 0.25) is 0 Å². The fourth-order valence-corrected chi connectivity index (χ4v) is 3.06. The number of sulfonamides is 1. The van der Waals surface area contributed by atoms with Crippen LogP contribution in [0, 0.1) is 0 Å². The van der Waals surface area contributed by atoms with Crippen molar-refractivity contribution in [1.29, 1.82) is 0 Å². The number of rotatable bonds is 4. The van der Waals surface area contributed by atoms with Gasteiger partial charge in [-0.05, 0) is 36.4 Å². The topological polar surface area (TPSA) is 129 Å². The summed E-state index contributed by atoms with van der Waals surface area (Å²) in [6, 6.07) is 9.22. The van der Waals surface area contributed by atoms with Gasteiger partial charge in [0, 0.05) is 11.8 Å². The van der Waals surface area contributed by atoms with Crippen molar-refractivity contribution >= 4 is 32.8 Å². The molecule has 0 atom stereocenters. The second-order valence-electron chi connectivity index (χ2n) is 4.66. The fourth-order valence-electron chi connectivity index (χ4n) is 1.99. The number of carboxylic acids is 1. The summed E-state index contributed by atoms with van der Waals surface area (Å²) in [5, 5.41) is 8.81. The van der Waals surface area contributed by atoms with Gasteiger partial charge in [-0.3, -0.25) is 9.71 Å². The SMILES string of the molecule is O=C(O)c1ccc(NS(=O)(=O)c2ccc3[nH]c(=O)oc3c2)cc1. The highest BCUT2D eigenvalue weighted by Gasteiger charge is 2.16. The number of H-pyrrole nitrogens is 1. The molecule has 0 bridgehead atoms. The molecule has 3 rings (SSSR count). The first-order chi connectivity index (χ1) is 10.8. The first kappa shape index (κ1) is 14.9. The van der Waals surface area contributed by atoms with Crippen LogP contribution in [-0.4, -0.2) is 24.5 Å². The third kappa shape index (κ3) is 2.94. The number of carboxylic acid groups (broad SMARTS) is 1. The summed E-state index contributed by atoms with van der Waals surface area (Å²) in [7, 11) is -3.90. The fraction of sp³-hybridized carbons (Fsp3) is 0. The summed E-state index contributed by atoms with van der Waals surface area (Å²) in [6.45, 7) is 0. The Morgan fingerprint density at radius 3 is 2.48 bits per heavy atom. The second-order valence-corrected chi connectivity index (χ2v) is 6.34. The molecule has 8 nitrogen and oxygen atoms in total. The number of carbonyl (C=O) groups is 1. The summed E-state index contributed by atoms with van der Waals surface area (Å²) in [5.41, 5.74) is 0.771. The molecule has 1 heterocycles. The number of anilines is 1. The van der Waals surface area contributed by atoms with Gasteiger partial charge < -0.3 is 9.52 Å². The lowest BCUT2D eigenvalue weighted by molar-refractivity contribution is 0.0697. The van der Waals surface area contributed by atoms with Crippen LogP contribution < -0.4 is 10.5 Å². The number of fused-ring (bicyclic) bond motifs is 1. The zero-order valence-corrected chi connectivity index (χ0v) is 12.3. The number of aromatic amines is 1. The van der Waals surface area contributed by atoms with Gasteiger partial charge in [0.05, 0.1) is 16.0 Å². The van der Waals surface area contributed by atoms with Gasteiger partial charge >= 0.3 is 11.7 Å². The van der Waals surface area contributed by atoms with Gasteiger partial charge in [-0.1, -0.05) is 0 Å². The Kier molecular flexibility index (Phi) is 3.41. The smallest absolute Gasteiger partial charge is 0.417 e. The van der Waals surface area contributed by atoms with Crippen molar-refractivity contribution in [2.45, 2.75) is 4.90 Å². The van der Waals surface area contributed by atoms with E-state index in [2.05, 4.69) is 9.71 Å². The molecule has 0 aliphatic heterocycles. The van der Waals surface area contributed by atoms with E-state index in [0.29, 0.717) is 5.52 Å². The molecule has 2 aromatic carbocycles. The Bertz CT molecular complexity index is 1050. The van der Waals surface area contributed by atoms with E-state index in [1.807, 2.05) is 0 Å². The van der Waals surface area contributed by atoms with Gasteiger partial charge in [-0.2, -0.15) is 0 Å². The van der Waals surface area contributed by atoms with E-state index in [9.17, 15) is 18.0 Å². The minimum Gasteiger partial charge on any atom is -0.478 e. The van der Waals surface area contributed by atoms with E-state index in [4.69, 9.17) is 9.52 Å². The van der Waals surface area contributed by atoms with Crippen LogP contribution in [0.1, 0.15) is 10.4 Å². The maximum Gasteiger partial charge on any atom is 0.417 e. The predicted molar refractivity (Wildman–Crippen MR) is 81.0 cm³/mol. The largest absolute Gasteiger partial charge is 0.478 e.